The van der Waals surface area contributed by atoms with E-state index in [4.69, 9.17) is 23.2 Å². The Hall–Kier alpha value is -2.97. The molecule has 0 radical (unpaired) electrons. The molecule has 0 aliphatic carbocycles. The van der Waals surface area contributed by atoms with Crippen LogP contribution in [0.5, 0.6) is 0 Å². The van der Waals surface area contributed by atoms with Crippen molar-refractivity contribution < 1.29 is 22.3 Å². The van der Waals surface area contributed by atoms with E-state index in [0.717, 1.165) is 18.2 Å². The third-order valence-corrected chi connectivity index (χ3v) is 6.14. The Morgan fingerprint density at radius 3 is 2.48 bits per heavy atom. The van der Waals surface area contributed by atoms with Crippen LogP contribution < -0.4 is 10.0 Å². The lowest BCUT2D eigenvalue weighted by Gasteiger charge is -2.11. The Morgan fingerprint density at radius 2 is 1.82 bits per heavy atom. The van der Waals surface area contributed by atoms with Gasteiger partial charge in [-0.1, -0.05) is 35.0 Å². The van der Waals surface area contributed by atoms with E-state index >= 15 is 0 Å². The molecule has 0 amide bonds. The molecule has 3 N–H and O–H groups in total. The predicted octanol–water partition coefficient (Wildman–Crippen LogP) is 4.05. The first-order chi connectivity index (χ1) is 15.6. The number of rotatable bonds is 6. The van der Waals surface area contributed by atoms with Crippen LogP contribution in [-0.4, -0.2) is 36.1 Å². The zero-order valence-electron chi connectivity index (χ0n) is 16.9. The zero-order chi connectivity index (χ0) is 24.2. The molecule has 0 bridgehead atoms. The number of benzene rings is 2. The number of aliphatic hydroxyl groups is 1. The highest BCUT2D eigenvalue weighted by Gasteiger charge is 2.22. The van der Waals surface area contributed by atoms with Crippen LogP contribution in [0.15, 0.2) is 47.6 Å². The molecular weight excluding hydrogens is 497 g/mol. The summed E-state index contributed by atoms with van der Waals surface area (Å²) in [4.78, 5) is 7.60. The van der Waals surface area contributed by atoms with Crippen molar-refractivity contribution in [3.8, 4) is 11.8 Å². The first-order valence-electron chi connectivity index (χ1n) is 9.28. The molecule has 3 aromatic rings. The van der Waals surface area contributed by atoms with Gasteiger partial charge < -0.3 is 10.4 Å². The standard InChI is InChI=1S/C21H16Cl2F2N4O3S/c1-12(30)9-26-21-27-10-13(11-28-21)2-4-15-17(24)6-7-18(20(15)25)29-33(31,32)19-8-14(22)3-5-16(19)23/h3,5-8,10-12,29-30H,9H2,1H3,(H,26,27,28)/t12-/m0/s1. The van der Waals surface area contributed by atoms with Gasteiger partial charge >= 0.3 is 0 Å². The first-order valence-corrected chi connectivity index (χ1v) is 11.5. The monoisotopic (exact) mass is 512 g/mol. The van der Waals surface area contributed by atoms with Crippen LogP contribution in [0.4, 0.5) is 20.4 Å². The number of aliphatic hydroxyl groups excluding tert-OH is 1. The summed E-state index contributed by atoms with van der Waals surface area (Å²) in [5.74, 6) is 2.91. The molecule has 1 aromatic heterocycles. The molecule has 2 aromatic carbocycles. The molecule has 0 aliphatic rings. The molecule has 0 fully saturated rings. The molecule has 172 valence electrons. The lowest BCUT2D eigenvalue weighted by Crippen LogP contribution is -2.16. The van der Waals surface area contributed by atoms with Crippen molar-refractivity contribution in [3.63, 3.8) is 0 Å². The summed E-state index contributed by atoms with van der Waals surface area (Å²) in [5.41, 5.74) is -0.914. The maximum absolute atomic E-state index is 14.9. The van der Waals surface area contributed by atoms with E-state index in [1.807, 2.05) is 4.72 Å². The van der Waals surface area contributed by atoms with Crippen LogP contribution in [-0.2, 0) is 10.0 Å². The van der Waals surface area contributed by atoms with Gasteiger partial charge in [0.1, 0.15) is 10.7 Å². The number of anilines is 2. The maximum Gasteiger partial charge on any atom is 0.263 e. The van der Waals surface area contributed by atoms with E-state index in [1.54, 1.807) is 6.92 Å². The number of aromatic nitrogens is 2. The normalized spacial score (nSPS) is 11.9. The van der Waals surface area contributed by atoms with Crippen molar-refractivity contribution in [2.45, 2.75) is 17.9 Å². The van der Waals surface area contributed by atoms with E-state index < -0.39 is 39.0 Å². The number of halogens is 4. The van der Waals surface area contributed by atoms with Crippen LogP contribution in [0.2, 0.25) is 10.0 Å². The summed E-state index contributed by atoms with van der Waals surface area (Å²) in [6.45, 7) is 1.83. The quantitative estimate of drug-likeness (QED) is 0.430. The van der Waals surface area contributed by atoms with Gasteiger partial charge in [-0.2, -0.15) is 0 Å². The van der Waals surface area contributed by atoms with Crippen molar-refractivity contribution in [2.24, 2.45) is 0 Å². The highest BCUT2D eigenvalue weighted by Crippen LogP contribution is 2.28. The molecule has 0 saturated carbocycles. The molecule has 0 aliphatic heterocycles. The molecule has 0 spiro atoms. The SMILES string of the molecule is C[C@H](O)CNc1ncc(C#Cc2c(F)ccc(NS(=O)(=O)c3cc(Cl)ccc3Cl)c2F)cn1. The topological polar surface area (TPSA) is 104 Å². The Labute approximate surface area is 198 Å². The minimum absolute atomic E-state index is 0.111. The van der Waals surface area contributed by atoms with E-state index in [1.165, 1.54) is 24.5 Å². The van der Waals surface area contributed by atoms with Gasteiger partial charge in [-0.3, -0.25) is 4.72 Å². The van der Waals surface area contributed by atoms with Crippen LogP contribution in [0.3, 0.4) is 0 Å². The fraction of sp³-hybridized carbons (Fsp3) is 0.143. The number of nitrogens with one attached hydrogen (secondary N) is 2. The van der Waals surface area contributed by atoms with Crippen molar-refractivity contribution in [1.29, 1.82) is 0 Å². The summed E-state index contributed by atoms with van der Waals surface area (Å²) in [6.07, 6.45) is 2.06. The Kier molecular flexibility index (Phi) is 7.71. The van der Waals surface area contributed by atoms with Crippen LogP contribution in [0.1, 0.15) is 18.1 Å². The molecular formula is C21H16Cl2F2N4O3S. The number of sulfonamides is 1. The zero-order valence-corrected chi connectivity index (χ0v) is 19.2. The van der Waals surface area contributed by atoms with Crippen molar-refractivity contribution in [1.82, 2.24) is 9.97 Å². The Bertz CT molecular complexity index is 1340. The van der Waals surface area contributed by atoms with Gasteiger partial charge in [-0.15, -0.1) is 0 Å². The second-order valence-corrected chi connectivity index (χ2v) is 9.23. The summed E-state index contributed by atoms with van der Waals surface area (Å²) < 4.78 is 56.4. The average Bonchev–Trinajstić information content (AvgIpc) is 2.76. The van der Waals surface area contributed by atoms with Crippen molar-refractivity contribution in [2.75, 3.05) is 16.6 Å². The van der Waals surface area contributed by atoms with Gasteiger partial charge in [-0.25, -0.2) is 27.2 Å². The molecule has 3 rings (SSSR count). The fourth-order valence-corrected chi connectivity index (χ4v) is 4.31. The van der Waals surface area contributed by atoms with Gasteiger partial charge in [0.2, 0.25) is 5.95 Å². The van der Waals surface area contributed by atoms with Crippen LogP contribution in [0, 0.1) is 23.5 Å². The lowest BCUT2D eigenvalue weighted by molar-refractivity contribution is 0.208. The van der Waals surface area contributed by atoms with E-state index in [0.29, 0.717) is 0 Å². The van der Waals surface area contributed by atoms with E-state index in [9.17, 15) is 22.3 Å². The highest BCUT2D eigenvalue weighted by molar-refractivity contribution is 7.92. The lowest BCUT2D eigenvalue weighted by atomic mass is 10.1. The van der Waals surface area contributed by atoms with E-state index in [2.05, 4.69) is 27.1 Å². The largest absolute Gasteiger partial charge is 0.392 e. The summed E-state index contributed by atoms with van der Waals surface area (Å²) >= 11 is 11.8. The smallest absolute Gasteiger partial charge is 0.263 e. The van der Waals surface area contributed by atoms with Crippen LogP contribution >= 0.6 is 23.2 Å². The molecule has 12 heteroatoms. The second kappa shape index (κ2) is 10.3. The fourth-order valence-electron chi connectivity index (χ4n) is 2.49. The van der Waals surface area contributed by atoms with Crippen molar-refractivity contribution in [3.05, 3.63) is 75.5 Å². The molecule has 1 heterocycles. The molecule has 1 atom stereocenters. The first kappa shape index (κ1) is 24.7. The minimum atomic E-state index is -4.32. The average molecular weight is 513 g/mol. The van der Waals surface area contributed by atoms with Crippen molar-refractivity contribution >= 4 is 44.9 Å². The number of nitrogens with zero attached hydrogens (tertiary/aromatic N) is 2. The van der Waals surface area contributed by atoms with Gasteiger partial charge in [-0.05, 0) is 37.3 Å². The molecule has 0 unspecified atom stereocenters. The van der Waals surface area contributed by atoms with Gasteiger partial charge in [0, 0.05) is 24.0 Å². The maximum atomic E-state index is 14.9. The van der Waals surface area contributed by atoms with Gasteiger partial charge in [0.15, 0.2) is 5.82 Å². The minimum Gasteiger partial charge on any atom is -0.392 e. The van der Waals surface area contributed by atoms with E-state index in [-0.39, 0.29) is 33.0 Å². The second-order valence-electron chi connectivity index (χ2n) is 6.74. The number of hydrogen-bond acceptors (Lipinski definition) is 6. The Balaban J connectivity index is 1.87. The van der Waals surface area contributed by atoms with Crippen LogP contribution in [0.25, 0.3) is 0 Å². The molecule has 33 heavy (non-hydrogen) atoms. The summed E-state index contributed by atoms with van der Waals surface area (Å²) in [7, 11) is -4.32. The third kappa shape index (κ3) is 6.30. The molecule has 0 saturated heterocycles. The predicted molar refractivity (Wildman–Crippen MR) is 122 cm³/mol. The Morgan fingerprint density at radius 1 is 1.12 bits per heavy atom. The van der Waals surface area contributed by atoms with Gasteiger partial charge in [0.05, 0.1) is 27.9 Å². The summed E-state index contributed by atoms with van der Waals surface area (Å²) in [6, 6.07) is 5.59. The molecule has 7 nitrogen and oxygen atoms in total. The van der Waals surface area contributed by atoms with Gasteiger partial charge in [0.25, 0.3) is 10.0 Å². The number of hydrogen-bond donors (Lipinski definition) is 3. The summed E-state index contributed by atoms with van der Waals surface area (Å²) in [5, 5.41) is 12.0. The third-order valence-electron chi connectivity index (χ3n) is 4.06. The highest BCUT2D eigenvalue weighted by atomic mass is 35.5.